The van der Waals surface area contributed by atoms with Crippen LogP contribution in [0.15, 0.2) is 47.3 Å². The number of benzene rings is 2. The number of hydrogen-bond donors (Lipinski definition) is 3. The first-order chi connectivity index (χ1) is 15.2. The first-order valence-electron chi connectivity index (χ1n) is 10.3. The molecule has 4 rings (SSSR count). The van der Waals surface area contributed by atoms with E-state index in [9.17, 15) is 22.8 Å². The van der Waals surface area contributed by atoms with Crippen molar-refractivity contribution in [3.8, 4) is 0 Å². The number of fused-ring (bicyclic) bond motifs is 1. The van der Waals surface area contributed by atoms with Crippen LogP contribution in [0, 0.1) is 0 Å². The molecule has 1 atom stereocenters. The molecule has 2 aromatic carbocycles. The maximum Gasteiger partial charge on any atom is 0.416 e. The van der Waals surface area contributed by atoms with E-state index >= 15 is 0 Å². The molecular formula is C22H24F3N5O2. The summed E-state index contributed by atoms with van der Waals surface area (Å²) in [5, 5.41) is 2.88. The molecule has 3 N–H and O–H groups in total. The fourth-order valence-corrected chi connectivity index (χ4v) is 3.94. The van der Waals surface area contributed by atoms with Gasteiger partial charge < -0.3 is 15.3 Å². The van der Waals surface area contributed by atoms with Crippen LogP contribution < -0.4 is 11.0 Å². The highest BCUT2D eigenvalue weighted by Crippen LogP contribution is 2.29. The Hall–Kier alpha value is -3.11. The van der Waals surface area contributed by atoms with E-state index < -0.39 is 11.7 Å². The number of alkyl halides is 3. The second-order valence-electron chi connectivity index (χ2n) is 8.01. The third-order valence-electron chi connectivity index (χ3n) is 5.78. The van der Waals surface area contributed by atoms with Crippen LogP contribution in [0.4, 0.5) is 18.9 Å². The second-order valence-corrected chi connectivity index (χ2v) is 8.01. The number of aromatic nitrogens is 2. The molecule has 10 heteroatoms. The Bertz CT molecular complexity index is 1160. The van der Waals surface area contributed by atoms with E-state index in [-0.39, 0.29) is 17.6 Å². The second kappa shape index (κ2) is 8.79. The Morgan fingerprint density at radius 1 is 1.06 bits per heavy atom. The first kappa shape index (κ1) is 22.1. The lowest BCUT2D eigenvalue weighted by Gasteiger charge is -2.37. The Morgan fingerprint density at radius 3 is 2.50 bits per heavy atom. The predicted octanol–water partition coefficient (Wildman–Crippen LogP) is 3.02. The van der Waals surface area contributed by atoms with Crippen molar-refractivity contribution >= 4 is 22.6 Å². The Balaban J connectivity index is 1.31. The van der Waals surface area contributed by atoms with Gasteiger partial charge in [0.1, 0.15) is 0 Å². The quantitative estimate of drug-likeness (QED) is 0.562. The van der Waals surface area contributed by atoms with E-state index in [2.05, 4.69) is 25.1 Å². The number of imidazole rings is 1. The van der Waals surface area contributed by atoms with Gasteiger partial charge in [0.05, 0.1) is 22.6 Å². The highest BCUT2D eigenvalue weighted by Gasteiger charge is 2.31. The van der Waals surface area contributed by atoms with Gasteiger partial charge in [-0.05, 0) is 36.8 Å². The van der Waals surface area contributed by atoms with Crippen molar-refractivity contribution in [3.63, 3.8) is 0 Å². The van der Waals surface area contributed by atoms with Crippen molar-refractivity contribution in [2.45, 2.75) is 25.7 Å². The minimum absolute atomic E-state index is 0.159. The molecule has 7 nitrogen and oxygen atoms in total. The largest absolute Gasteiger partial charge is 0.416 e. The van der Waals surface area contributed by atoms with Gasteiger partial charge in [-0.3, -0.25) is 14.6 Å². The van der Waals surface area contributed by atoms with Crippen molar-refractivity contribution in [3.05, 3.63) is 64.1 Å². The maximum absolute atomic E-state index is 12.9. The summed E-state index contributed by atoms with van der Waals surface area (Å²) in [5.74, 6) is -0.159. The summed E-state index contributed by atoms with van der Waals surface area (Å²) in [7, 11) is 0. The summed E-state index contributed by atoms with van der Waals surface area (Å²) < 4.78 is 38.8. The fraction of sp³-hybridized carbons (Fsp3) is 0.364. The zero-order chi connectivity index (χ0) is 22.9. The van der Waals surface area contributed by atoms with Gasteiger partial charge >= 0.3 is 11.9 Å². The molecule has 1 unspecified atom stereocenters. The molecule has 1 fully saturated rings. The normalized spacial score (nSPS) is 16.9. The molecule has 170 valence electrons. The molecule has 2 heterocycles. The van der Waals surface area contributed by atoms with Crippen molar-refractivity contribution in [2.75, 3.05) is 31.5 Å². The lowest BCUT2D eigenvalue weighted by Crippen LogP contribution is -2.52. The fourth-order valence-electron chi connectivity index (χ4n) is 3.94. The third kappa shape index (κ3) is 5.03. The van der Waals surface area contributed by atoms with Gasteiger partial charge in [-0.2, -0.15) is 13.2 Å². The topological polar surface area (TPSA) is 84.2 Å². The van der Waals surface area contributed by atoms with Crippen LogP contribution in [0.5, 0.6) is 0 Å². The first-order valence-corrected chi connectivity index (χ1v) is 10.3. The number of nitrogens with zero attached hydrogens (tertiary/aromatic N) is 2. The van der Waals surface area contributed by atoms with Crippen LogP contribution in [-0.2, 0) is 17.5 Å². The van der Waals surface area contributed by atoms with Crippen molar-refractivity contribution < 1.29 is 18.0 Å². The number of aromatic amines is 2. The summed E-state index contributed by atoms with van der Waals surface area (Å²) >= 11 is 0. The van der Waals surface area contributed by atoms with Gasteiger partial charge in [0.25, 0.3) is 0 Å². The predicted molar refractivity (Wildman–Crippen MR) is 115 cm³/mol. The number of anilines is 1. The SMILES string of the molecule is CC(C(=O)Nc1ccc2[nH]c(=O)[nH]c2c1)N1CCN(Cc2cccc(C(F)(F)F)c2)CC1. The van der Waals surface area contributed by atoms with Gasteiger partial charge in [0.2, 0.25) is 5.91 Å². The van der Waals surface area contributed by atoms with Crippen molar-refractivity contribution in [2.24, 2.45) is 0 Å². The minimum atomic E-state index is -4.35. The van der Waals surface area contributed by atoms with Crippen LogP contribution in [0.3, 0.4) is 0 Å². The number of piperazine rings is 1. The molecule has 0 aliphatic carbocycles. The molecule has 0 saturated carbocycles. The lowest BCUT2D eigenvalue weighted by molar-refractivity contribution is -0.137. The Labute approximate surface area is 182 Å². The number of halogens is 3. The van der Waals surface area contributed by atoms with Crippen molar-refractivity contribution in [1.82, 2.24) is 19.8 Å². The summed E-state index contributed by atoms with van der Waals surface area (Å²) in [6.45, 7) is 4.85. The summed E-state index contributed by atoms with van der Waals surface area (Å²) in [5.41, 5.74) is 1.55. The zero-order valence-corrected chi connectivity index (χ0v) is 17.5. The highest BCUT2D eigenvalue weighted by molar-refractivity contribution is 5.96. The Kier molecular flexibility index (Phi) is 6.07. The number of hydrogen-bond acceptors (Lipinski definition) is 4. The molecule has 1 aliphatic heterocycles. The van der Waals surface area contributed by atoms with Gasteiger partial charge in [0, 0.05) is 38.4 Å². The molecule has 0 radical (unpaired) electrons. The van der Waals surface area contributed by atoms with E-state index in [1.54, 1.807) is 24.3 Å². The lowest BCUT2D eigenvalue weighted by atomic mass is 10.1. The molecule has 0 spiro atoms. The average Bonchev–Trinajstić information content (AvgIpc) is 3.12. The minimum Gasteiger partial charge on any atom is -0.325 e. The molecule has 3 aromatic rings. The number of carbonyl (C=O) groups excluding carboxylic acids is 1. The van der Waals surface area contributed by atoms with Crippen LogP contribution in [0.25, 0.3) is 11.0 Å². The van der Waals surface area contributed by atoms with Gasteiger partial charge in [-0.15, -0.1) is 0 Å². The molecule has 1 aromatic heterocycles. The summed E-state index contributed by atoms with van der Waals surface area (Å²) in [6.07, 6.45) is -4.35. The van der Waals surface area contributed by atoms with Gasteiger partial charge in [-0.1, -0.05) is 18.2 Å². The summed E-state index contributed by atoms with van der Waals surface area (Å²) in [6, 6.07) is 10.2. The van der Waals surface area contributed by atoms with Gasteiger partial charge in [-0.25, -0.2) is 4.79 Å². The van der Waals surface area contributed by atoms with E-state index in [1.807, 2.05) is 6.92 Å². The van der Waals surface area contributed by atoms with Crippen LogP contribution >= 0.6 is 0 Å². The molecule has 1 saturated heterocycles. The van der Waals surface area contributed by atoms with E-state index in [0.29, 0.717) is 55.0 Å². The monoisotopic (exact) mass is 447 g/mol. The number of nitrogens with one attached hydrogen (secondary N) is 3. The molecule has 0 bridgehead atoms. The van der Waals surface area contributed by atoms with E-state index in [0.717, 1.165) is 6.07 Å². The Morgan fingerprint density at radius 2 is 1.78 bits per heavy atom. The van der Waals surface area contributed by atoms with Crippen LogP contribution in [-0.4, -0.2) is 57.9 Å². The zero-order valence-electron chi connectivity index (χ0n) is 17.5. The van der Waals surface area contributed by atoms with Crippen LogP contribution in [0.2, 0.25) is 0 Å². The van der Waals surface area contributed by atoms with Gasteiger partial charge in [0.15, 0.2) is 0 Å². The number of amides is 1. The third-order valence-corrected chi connectivity index (χ3v) is 5.78. The molecular weight excluding hydrogens is 423 g/mol. The smallest absolute Gasteiger partial charge is 0.325 e. The number of carbonyl (C=O) groups is 1. The summed E-state index contributed by atoms with van der Waals surface area (Å²) in [4.78, 5) is 33.5. The highest BCUT2D eigenvalue weighted by atomic mass is 19.4. The van der Waals surface area contributed by atoms with Crippen LogP contribution in [0.1, 0.15) is 18.1 Å². The van der Waals surface area contributed by atoms with E-state index in [1.165, 1.54) is 12.1 Å². The maximum atomic E-state index is 12.9. The molecule has 32 heavy (non-hydrogen) atoms. The average molecular weight is 447 g/mol. The number of H-pyrrole nitrogens is 2. The van der Waals surface area contributed by atoms with E-state index in [4.69, 9.17) is 0 Å². The number of rotatable bonds is 5. The molecule has 1 aliphatic rings. The van der Waals surface area contributed by atoms with Crippen molar-refractivity contribution in [1.29, 1.82) is 0 Å². The molecule has 1 amide bonds. The standard InChI is InChI=1S/C22H24F3N5O2/c1-14(20(31)26-17-5-6-18-19(12-17)28-21(32)27-18)30-9-7-29(8-10-30)13-15-3-2-4-16(11-15)22(23,24)25/h2-6,11-12,14H,7-10,13H2,1H3,(H,26,31)(H2,27,28,32).